The van der Waals surface area contributed by atoms with Crippen LogP contribution in [0.2, 0.25) is 0 Å². The summed E-state index contributed by atoms with van der Waals surface area (Å²) >= 11 is 0. The number of sulfonamides is 1. The topological polar surface area (TPSA) is 91.8 Å². The smallest absolute Gasteiger partial charge is 0.335 e. The summed E-state index contributed by atoms with van der Waals surface area (Å²) in [6, 6.07) is 3.59. The van der Waals surface area contributed by atoms with Gasteiger partial charge in [-0.05, 0) is 37.0 Å². The molecule has 7 heteroatoms. The van der Waals surface area contributed by atoms with Crippen molar-refractivity contribution < 1.29 is 23.1 Å². The van der Waals surface area contributed by atoms with E-state index in [9.17, 15) is 18.0 Å². The van der Waals surface area contributed by atoms with E-state index in [-0.39, 0.29) is 22.6 Å². The molecule has 0 radical (unpaired) electrons. The van der Waals surface area contributed by atoms with E-state index in [0.29, 0.717) is 12.3 Å². The third-order valence-electron chi connectivity index (χ3n) is 3.92. The van der Waals surface area contributed by atoms with Crippen molar-refractivity contribution >= 4 is 21.9 Å². The van der Waals surface area contributed by atoms with Gasteiger partial charge >= 0.3 is 5.97 Å². The van der Waals surface area contributed by atoms with Gasteiger partial charge in [0.15, 0.2) is 0 Å². The number of carboxylic acid groups (broad SMARTS) is 1. The van der Waals surface area contributed by atoms with Gasteiger partial charge in [-0.3, -0.25) is 4.79 Å². The molecule has 0 bridgehead atoms. The Morgan fingerprint density at radius 3 is 2.67 bits per heavy atom. The van der Waals surface area contributed by atoms with E-state index in [1.807, 2.05) is 0 Å². The first-order chi connectivity index (χ1) is 9.91. The van der Waals surface area contributed by atoms with E-state index in [2.05, 4.69) is 0 Å². The summed E-state index contributed by atoms with van der Waals surface area (Å²) in [5.41, 5.74) is -0.0728. The molecule has 0 saturated heterocycles. The number of hydrogen-bond donors (Lipinski definition) is 1. The molecule has 1 aliphatic heterocycles. The SMILES string of the molecule is O=C(O)c1ccc2c(c1)S(=O)(=O)N(CCCC1CC1)C2=O. The van der Waals surface area contributed by atoms with E-state index >= 15 is 0 Å². The van der Waals surface area contributed by atoms with Gasteiger partial charge in [-0.2, -0.15) is 0 Å². The molecule has 3 rings (SSSR count). The Bertz CT molecular complexity index is 721. The van der Waals surface area contributed by atoms with E-state index in [0.717, 1.165) is 16.8 Å². The highest BCUT2D eigenvalue weighted by molar-refractivity contribution is 7.90. The van der Waals surface area contributed by atoms with Crippen LogP contribution in [-0.4, -0.2) is 36.3 Å². The number of carboxylic acids is 1. The first-order valence-electron chi connectivity index (χ1n) is 6.85. The van der Waals surface area contributed by atoms with E-state index < -0.39 is 21.9 Å². The van der Waals surface area contributed by atoms with Gasteiger partial charge in [0.2, 0.25) is 0 Å². The molecule has 1 aliphatic carbocycles. The van der Waals surface area contributed by atoms with Crippen molar-refractivity contribution in [3.63, 3.8) is 0 Å². The lowest BCUT2D eigenvalue weighted by Crippen LogP contribution is -2.31. The highest BCUT2D eigenvalue weighted by Crippen LogP contribution is 2.35. The summed E-state index contributed by atoms with van der Waals surface area (Å²) in [7, 11) is -3.91. The molecule has 2 aliphatic rings. The zero-order chi connectivity index (χ0) is 15.2. The van der Waals surface area contributed by atoms with Gasteiger partial charge in [-0.1, -0.05) is 12.8 Å². The molecule has 1 aromatic rings. The van der Waals surface area contributed by atoms with Crippen LogP contribution in [0.1, 0.15) is 46.4 Å². The fraction of sp³-hybridized carbons (Fsp3) is 0.429. The highest BCUT2D eigenvalue weighted by Gasteiger charge is 2.41. The molecule has 1 aromatic carbocycles. The first-order valence-corrected chi connectivity index (χ1v) is 8.29. The molecular formula is C14H15NO5S. The maximum atomic E-state index is 12.4. The van der Waals surface area contributed by atoms with Crippen LogP contribution in [0.4, 0.5) is 0 Å². The van der Waals surface area contributed by atoms with E-state index in [1.165, 1.54) is 25.0 Å². The molecule has 1 heterocycles. The monoisotopic (exact) mass is 309 g/mol. The number of amides is 1. The Balaban J connectivity index is 1.88. The minimum atomic E-state index is -3.91. The average Bonchev–Trinajstić information content (AvgIpc) is 3.23. The number of benzene rings is 1. The van der Waals surface area contributed by atoms with Gasteiger partial charge in [-0.25, -0.2) is 17.5 Å². The average molecular weight is 309 g/mol. The molecule has 6 nitrogen and oxygen atoms in total. The van der Waals surface area contributed by atoms with E-state index in [4.69, 9.17) is 5.11 Å². The van der Waals surface area contributed by atoms with Crippen molar-refractivity contribution in [2.45, 2.75) is 30.6 Å². The number of nitrogens with zero attached hydrogens (tertiary/aromatic N) is 1. The van der Waals surface area contributed by atoms with Gasteiger partial charge in [0, 0.05) is 6.54 Å². The van der Waals surface area contributed by atoms with Gasteiger partial charge in [0.1, 0.15) is 4.90 Å². The number of hydrogen-bond acceptors (Lipinski definition) is 4. The normalized spacial score (nSPS) is 19.6. The second-order valence-corrected chi connectivity index (χ2v) is 7.31. The fourth-order valence-electron chi connectivity index (χ4n) is 2.56. The number of carbonyl (C=O) groups is 2. The molecule has 1 saturated carbocycles. The number of fused-ring (bicyclic) bond motifs is 1. The maximum absolute atomic E-state index is 12.4. The second kappa shape index (κ2) is 4.84. The zero-order valence-corrected chi connectivity index (χ0v) is 12.1. The summed E-state index contributed by atoms with van der Waals surface area (Å²) in [6.45, 7) is 0.161. The molecule has 21 heavy (non-hydrogen) atoms. The highest BCUT2D eigenvalue weighted by atomic mass is 32.2. The molecule has 0 spiro atoms. The van der Waals surface area contributed by atoms with E-state index in [1.54, 1.807) is 0 Å². The summed E-state index contributed by atoms with van der Waals surface area (Å²) < 4.78 is 25.6. The maximum Gasteiger partial charge on any atom is 0.335 e. The van der Waals surface area contributed by atoms with Crippen LogP contribution in [0.25, 0.3) is 0 Å². The van der Waals surface area contributed by atoms with Crippen LogP contribution < -0.4 is 0 Å². The Labute approximate surface area is 122 Å². The Kier molecular flexibility index (Phi) is 3.24. The minimum Gasteiger partial charge on any atom is -0.478 e. The van der Waals surface area contributed by atoms with Crippen molar-refractivity contribution in [1.82, 2.24) is 4.31 Å². The summed E-state index contributed by atoms with van der Waals surface area (Å²) in [5.74, 6) is -1.10. The van der Waals surface area contributed by atoms with Crippen LogP contribution in [0.5, 0.6) is 0 Å². The lowest BCUT2D eigenvalue weighted by molar-refractivity contribution is 0.0695. The summed E-state index contributed by atoms with van der Waals surface area (Å²) in [5, 5.41) is 8.93. The van der Waals surface area contributed by atoms with Crippen molar-refractivity contribution in [3.8, 4) is 0 Å². The Hall–Kier alpha value is -1.89. The van der Waals surface area contributed by atoms with Crippen molar-refractivity contribution in [2.24, 2.45) is 5.92 Å². The summed E-state index contributed by atoms with van der Waals surface area (Å²) in [4.78, 5) is 22.9. The predicted molar refractivity (Wildman–Crippen MR) is 73.6 cm³/mol. The number of carbonyl (C=O) groups excluding carboxylic acids is 1. The minimum absolute atomic E-state index is 0.0615. The molecule has 1 N–H and O–H groups in total. The van der Waals surface area contributed by atoms with Crippen molar-refractivity contribution in [2.75, 3.05) is 6.54 Å². The number of aromatic carboxylic acids is 1. The molecule has 0 unspecified atom stereocenters. The second-order valence-electron chi connectivity index (χ2n) is 5.48. The van der Waals surface area contributed by atoms with Gasteiger partial charge in [0.25, 0.3) is 15.9 Å². The van der Waals surface area contributed by atoms with Gasteiger partial charge < -0.3 is 5.11 Å². The standard InChI is InChI=1S/C14H15NO5S/c16-13-11-6-5-10(14(17)18)8-12(11)21(19,20)15(13)7-1-2-9-3-4-9/h5-6,8-9H,1-4,7H2,(H,17,18). The summed E-state index contributed by atoms with van der Waals surface area (Å²) in [6.07, 6.45) is 3.94. The lowest BCUT2D eigenvalue weighted by atomic mass is 10.1. The van der Waals surface area contributed by atoms with Crippen LogP contribution in [0.3, 0.4) is 0 Å². The third-order valence-corrected chi connectivity index (χ3v) is 5.75. The molecule has 112 valence electrons. The Morgan fingerprint density at radius 1 is 1.33 bits per heavy atom. The predicted octanol–water partition coefficient (Wildman–Crippen LogP) is 1.72. The largest absolute Gasteiger partial charge is 0.478 e. The molecule has 0 atom stereocenters. The van der Waals surface area contributed by atoms with Crippen molar-refractivity contribution in [1.29, 1.82) is 0 Å². The van der Waals surface area contributed by atoms with Crippen LogP contribution in [0, 0.1) is 5.92 Å². The molecule has 1 fully saturated rings. The number of rotatable bonds is 5. The van der Waals surface area contributed by atoms with Crippen LogP contribution in [0.15, 0.2) is 23.1 Å². The molecule has 0 aromatic heterocycles. The zero-order valence-electron chi connectivity index (χ0n) is 11.3. The van der Waals surface area contributed by atoms with Crippen LogP contribution in [-0.2, 0) is 10.0 Å². The molecule has 1 amide bonds. The lowest BCUT2D eigenvalue weighted by Gasteiger charge is -2.14. The molecular weight excluding hydrogens is 294 g/mol. The fourth-order valence-corrected chi connectivity index (χ4v) is 4.19. The van der Waals surface area contributed by atoms with Gasteiger partial charge in [0.05, 0.1) is 11.1 Å². The van der Waals surface area contributed by atoms with Gasteiger partial charge in [-0.15, -0.1) is 0 Å². The van der Waals surface area contributed by atoms with Crippen molar-refractivity contribution in [3.05, 3.63) is 29.3 Å². The first kappa shape index (κ1) is 14.1. The third kappa shape index (κ3) is 2.42. The van der Waals surface area contributed by atoms with Crippen LogP contribution >= 0.6 is 0 Å². The quantitative estimate of drug-likeness (QED) is 0.894. The Morgan fingerprint density at radius 2 is 2.05 bits per heavy atom.